The van der Waals surface area contributed by atoms with Crippen molar-refractivity contribution in [2.45, 2.75) is 37.2 Å². The van der Waals surface area contributed by atoms with E-state index in [0.717, 1.165) is 4.47 Å². The van der Waals surface area contributed by atoms with Gasteiger partial charge in [-0.2, -0.15) is 0 Å². The topological polar surface area (TPSA) is 89.0 Å². The molecule has 2 heterocycles. The zero-order chi connectivity index (χ0) is 25.8. The Morgan fingerprint density at radius 3 is 2.16 bits per heavy atom. The van der Waals surface area contributed by atoms with Crippen molar-refractivity contribution in [2.24, 2.45) is 0 Å². The van der Waals surface area contributed by atoms with E-state index in [1.807, 2.05) is 36.4 Å². The molecule has 1 aliphatic carbocycles. The fourth-order valence-electron chi connectivity index (χ4n) is 5.54. The third-order valence-electron chi connectivity index (χ3n) is 7.28. The molecule has 3 aromatic rings. The molecule has 2 aromatic carbocycles. The molecule has 7 nitrogen and oxygen atoms in total. The number of carboxylic acid groups (broad SMARTS) is 1. The number of aliphatic carboxylic acids is 1. The molecule has 2 aliphatic rings. The van der Waals surface area contributed by atoms with Crippen molar-refractivity contribution in [2.75, 3.05) is 26.3 Å². The molecule has 5 rings (SSSR count). The van der Waals surface area contributed by atoms with Gasteiger partial charge in [0.15, 0.2) is 0 Å². The normalized spacial score (nSPS) is 16.8. The molecule has 1 aromatic heterocycles. The van der Waals surface area contributed by atoms with Gasteiger partial charge in [0.05, 0.1) is 5.69 Å². The second-order valence-electron chi connectivity index (χ2n) is 9.54. The van der Waals surface area contributed by atoms with Gasteiger partial charge in [0.1, 0.15) is 18.8 Å². The number of ether oxygens (including phenoxy) is 2. The number of benzene rings is 2. The molecule has 1 amide bonds. The summed E-state index contributed by atoms with van der Waals surface area (Å²) in [7, 11) is 0. The van der Waals surface area contributed by atoms with Gasteiger partial charge in [-0.1, -0.05) is 48.5 Å². The van der Waals surface area contributed by atoms with Crippen LogP contribution in [0.3, 0.4) is 0 Å². The SMILES string of the molecule is O=C(O)COC1(c2ccc(Br)cn2)CCCN(C(=O)OCC2c3ccccc3-c3ccccc32)CCC1. The second kappa shape index (κ2) is 11.0. The number of nitrogens with zero attached hydrogens (tertiary/aromatic N) is 2. The van der Waals surface area contributed by atoms with Crippen LogP contribution >= 0.6 is 15.9 Å². The van der Waals surface area contributed by atoms with Crippen LogP contribution in [0.15, 0.2) is 71.3 Å². The molecule has 0 bridgehead atoms. The summed E-state index contributed by atoms with van der Waals surface area (Å²) in [5.74, 6) is -0.995. The van der Waals surface area contributed by atoms with Crippen LogP contribution in [0.2, 0.25) is 0 Å². The summed E-state index contributed by atoms with van der Waals surface area (Å²) in [6.45, 7) is 0.905. The molecule has 1 N–H and O–H groups in total. The van der Waals surface area contributed by atoms with E-state index in [2.05, 4.69) is 45.2 Å². The highest BCUT2D eigenvalue weighted by Gasteiger charge is 2.37. The molecule has 1 fully saturated rings. The Hall–Kier alpha value is -3.23. The van der Waals surface area contributed by atoms with Crippen LogP contribution in [0.5, 0.6) is 0 Å². The number of halogens is 1. The monoisotopic (exact) mass is 564 g/mol. The standard InChI is InChI=1S/C29H29BrN2O5/c30-20-11-12-26(31-17-20)29(37-19-27(33)34)13-5-15-32(16-6-14-29)28(35)36-18-25-23-9-3-1-7-21(23)22-8-2-4-10-24(22)25/h1-4,7-12,17,25H,5-6,13-16,18-19H2,(H,33,34). The third kappa shape index (κ3) is 5.40. The van der Waals surface area contributed by atoms with E-state index in [0.29, 0.717) is 44.5 Å². The Balaban J connectivity index is 1.24. The van der Waals surface area contributed by atoms with E-state index in [9.17, 15) is 14.7 Å². The third-order valence-corrected chi connectivity index (χ3v) is 7.75. The highest BCUT2D eigenvalue weighted by atomic mass is 79.9. The van der Waals surface area contributed by atoms with E-state index in [-0.39, 0.29) is 18.6 Å². The van der Waals surface area contributed by atoms with Crippen LogP contribution < -0.4 is 0 Å². The number of hydrogen-bond donors (Lipinski definition) is 1. The number of likely N-dealkylation sites (tertiary alicyclic amines) is 1. The van der Waals surface area contributed by atoms with Crippen LogP contribution in [0.1, 0.15) is 48.4 Å². The van der Waals surface area contributed by atoms with E-state index < -0.39 is 18.2 Å². The van der Waals surface area contributed by atoms with Gasteiger partial charge >= 0.3 is 12.1 Å². The summed E-state index contributed by atoms with van der Waals surface area (Å²) < 4.78 is 12.7. The highest BCUT2D eigenvalue weighted by molar-refractivity contribution is 9.10. The summed E-state index contributed by atoms with van der Waals surface area (Å²) in [5.41, 5.74) is 4.69. The minimum absolute atomic E-state index is 0.0200. The Morgan fingerprint density at radius 2 is 1.59 bits per heavy atom. The lowest BCUT2D eigenvalue weighted by Crippen LogP contribution is -2.41. The quantitative estimate of drug-likeness (QED) is 0.397. The summed E-state index contributed by atoms with van der Waals surface area (Å²) in [6.07, 6.45) is 3.78. The average molecular weight is 565 g/mol. The molecule has 8 heteroatoms. The Kier molecular flexibility index (Phi) is 7.58. The maximum absolute atomic E-state index is 13.1. The first-order valence-corrected chi connectivity index (χ1v) is 13.3. The van der Waals surface area contributed by atoms with Gasteiger partial charge in [-0.3, -0.25) is 4.98 Å². The van der Waals surface area contributed by atoms with E-state index in [1.165, 1.54) is 22.3 Å². The van der Waals surface area contributed by atoms with Gasteiger partial charge in [0.2, 0.25) is 0 Å². The second-order valence-corrected chi connectivity index (χ2v) is 10.5. The van der Waals surface area contributed by atoms with Crippen LogP contribution in [0.4, 0.5) is 4.79 Å². The van der Waals surface area contributed by atoms with E-state index in [1.54, 1.807) is 11.1 Å². The highest BCUT2D eigenvalue weighted by Crippen LogP contribution is 2.44. The van der Waals surface area contributed by atoms with Crippen molar-refractivity contribution < 1.29 is 24.2 Å². The summed E-state index contributed by atoms with van der Waals surface area (Å²) in [5, 5.41) is 9.24. The molecule has 0 radical (unpaired) electrons. The number of pyridine rings is 1. The molecule has 0 unspecified atom stereocenters. The first kappa shape index (κ1) is 25.4. The van der Waals surface area contributed by atoms with Crippen LogP contribution in [0.25, 0.3) is 11.1 Å². The van der Waals surface area contributed by atoms with Crippen molar-refractivity contribution in [3.63, 3.8) is 0 Å². The molecule has 1 aliphatic heterocycles. The van der Waals surface area contributed by atoms with Crippen LogP contribution in [-0.2, 0) is 19.9 Å². The molecule has 0 atom stereocenters. The largest absolute Gasteiger partial charge is 0.480 e. The number of fused-ring (bicyclic) bond motifs is 3. The van der Waals surface area contributed by atoms with Crippen molar-refractivity contribution in [1.29, 1.82) is 0 Å². The van der Waals surface area contributed by atoms with Crippen LogP contribution in [-0.4, -0.2) is 53.4 Å². The fourth-order valence-corrected chi connectivity index (χ4v) is 5.77. The summed E-state index contributed by atoms with van der Waals surface area (Å²) >= 11 is 3.40. The summed E-state index contributed by atoms with van der Waals surface area (Å²) in [6, 6.07) is 20.3. The summed E-state index contributed by atoms with van der Waals surface area (Å²) in [4.78, 5) is 30.7. The van der Waals surface area contributed by atoms with Gasteiger partial charge in [-0.15, -0.1) is 0 Å². The maximum Gasteiger partial charge on any atom is 0.409 e. The van der Waals surface area contributed by atoms with Gasteiger partial charge in [-0.05, 0) is 76.0 Å². The smallest absolute Gasteiger partial charge is 0.409 e. The first-order valence-electron chi connectivity index (χ1n) is 12.5. The Labute approximate surface area is 224 Å². The number of carboxylic acids is 1. The molecule has 192 valence electrons. The molecule has 0 saturated carbocycles. The number of carbonyl (C=O) groups excluding carboxylic acids is 1. The van der Waals surface area contributed by atoms with Crippen molar-refractivity contribution in [1.82, 2.24) is 9.88 Å². The number of rotatable bonds is 6. The number of carbonyl (C=O) groups is 2. The average Bonchev–Trinajstić information content (AvgIpc) is 3.21. The lowest BCUT2D eigenvalue weighted by Gasteiger charge is -2.36. The van der Waals surface area contributed by atoms with Gasteiger partial charge in [0.25, 0.3) is 0 Å². The predicted molar refractivity (Wildman–Crippen MR) is 142 cm³/mol. The fraction of sp³-hybridized carbons (Fsp3) is 0.345. The Bertz CT molecular complexity index is 1220. The van der Waals surface area contributed by atoms with Crippen molar-refractivity contribution >= 4 is 28.0 Å². The van der Waals surface area contributed by atoms with Crippen LogP contribution in [0, 0.1) is 0 Å². The first-order chi connectivity index (χ1) is 18.0. The lowest BCUT2D eigenvalue weighted by atomic mass is 9.86. The number of aromatic nitrogens is 1. The molecule has 37 heavy (non-hydrogen) atoms. The number of amides is 1. The predicted octanol–water partition coefficient (Wildman–Crippen LogP) is 5.97. The minimum atomic E-state index is -1.01. The Morgan fingerprint density at radius 1 is 0.973 bits per heavy atom. The molecule has 0 spiro atoms. The molecular weight excluding hydrogens is 536 g/mol. The zero-order valence-electron chi connectivity index (χ0n) is 20.4. The maximum atomic E-state index is 13.1. The zero-order valence-corrected chi connectivity index (χ0v) is 22.0. The van der Waals surface area contributed by atoms with Gasteiger partial charge in [-0.25, -0.2) is 9.59 Å². The van der Waals surface area contributed by atoms with Gasteiger partial charge in [0, 0.05) is 29.7 Å². The lowest BCUT2D eigenvalue weighted by molar-refractivity contribution is -0.153. The number of hydrogen-bond acceptors (Lipinski definition) is 5. The van der Waals surface area contributed by atoms with E-state index in [4.69, 9.17) is 9.47 Å². The van der Waals surface area contributed by atoms with Crippen molar-refractivity contribution in [3.8, 4) is 11.1 Å². The van der Waals surface area contributed by atoms with Gasteiger partial charge < -0.3 is 19.5 Å². The minimum Gasteiger partial charge on any atom is -0.480 e. The molecular formula is C29H29BrN2O5. The molecule has 1 saturated heterocycles. The van der Waals surface area contributed by atoms with E-state index >= 15 is 0 Å². The van der Waals surface area contributed by atoms with Crippen molar-refractivity contribution in [3.05, 3.63) is 88.2 Å².